The highest BCUT2D eigenvalue weighted by Crippen LogP contribution is 2.30. The van der Waals surface area contributed by atoms with E-state index in [1.54, 1.807) is 20.2 Å². The topological polar surface area (TPSA) is 246 Å². The molecule has 16 nitrogen and oxygen atoms in total. The molecule has 0 aliphatic carbocycles. The molecule has 0 spiro atoms. The highest BCUT2D eigenvalue weighted by molar-refractivity contribution is 8.00. The molecular formula is C41H62N6O10S. The van der Waals surface area contributed by atoms with Crippen LogP contribution in [0.2, 0.25) is 0 Å². The van der Waals surface area contributed by atoms with Crippen molar-refractivity contribution in [3.63, 3.8) is 0 Å². The quantitative estimate of drug-likeness (QED) is 0.0725. The molecule has 1 fully saturated rings. The van der Waals surface area contributed by atoms with Gasteiger partial charge in [0.15, 0.2) is 5.78 Å². The fourth-order valence-electron chi connectivity index (χ4n) is 6.75. The molecule has 1 saturated heterocycles. The molecule has 1 heterocycles. The van der Waals surface area contributed by atoms with Crippen LogP contribution in [0.4, 0.5) is 0 Å². The van der Waals surface area contributed by atoms with Crippen LogP contribution in [0.3, 0.4) is 0 Å². The average Bonchev–Trinajstić information content (AvgIpc) is 3.41. The molecule has 7 N–H and O–H groups in total. The minimum Gasteiger partial charge on any atom is -0.481 e. The van der Waals surface area contributed by atoms with Gasteiger partial charge in [0.05, 0.1) is 29.8 Å². The summed E-state index contributed by atoms with van der Waals surface area (Å²) in [5.41, 5.74) is 5.21. The average molecular weight is 831 g/mol. The molecule has 1 aromatic rings. The van der Waals surface area contributed by atoms with Crippen LogP contribution in [-0.2, 0) is 43.8 Å². The summed E-state index contributed by atoms with van der Waals surface area (Å²) >= 11 is 0.969. The van der Waals surface area contributed by atoms with Crippen LogP contribution in [0.15, 0.2) is 42.0 Å². The first-order valence-electron chi connectivity index (χ1n) is 19.3. The first kappa shape index (κ1) is 49.5. The Morgan fingerprint density at radius 2 is 1.60 bits per heavy atom. The second-order valence-corrected chi connectivity index (χ2v) is 17.9. The Labute approximate surface area is 345 Å². The monoisotopic (exact) mass is 830 g/mol. The van der Waals surface area contributed by atoms with Crippen LogP contribution in [0, 0.1) is 11.3 Å². The highest BCUT2D eigenvalue weighted by Gasteiger charge is 2.42. The number of Topliss-reactive ketones (excluding diaryl/α,β-unsaturated/α-hetero) is 1. The van der Waals surface area contributed by atoms with Crippen LogP contribution in [0.5, 0.6) is 0 Å². The molecule has 2 rings (SSSR count). The van der Waals surface area contributed by atoms with Crippen molar-refractivity contribution in [3.05, 3.63) is 47.5 Å². The minimum atomic E-state index is -1.42. The Morgan fingerprint density at radius 1 is 1.00 bits per heavy atom. The lowest BCUT2D eigenvalue weighted by Crippen LogP contribution is -2.61. The van der Waals surface area contributed by atoms with Crippen LogP contribution in [-0.4, -0.2) is 129 Å². The third-order valence-corrected chi connectivity index (χ3v) is 11.6. The zero-order chi connectivity index (χ0) is 44.3. The van der Waals surface area contributed by atoms with E-state index in [4.69, 9.17) is 10.8 Å². The van der Waals surface area contributed by atoms with Crippen molar-refractivity contribution in [1.82, 2.24) is 25.8 Å². The van der Waals surface area contributed by atoms with Gasteiger partial charge in [-0.3, -0.25) is 43.3 Å². The number of benzene rings is 1. The van der Waals surface area contributed by atoms with E-state index in [1.165, 1.54) is 11.8 Å². The Morgan fingerprint density at radius 3 is 2.12 bits per heavy atom. The summed E-state index contributed by atoms with van der Waals surface area (Å²) in [6.45, 7) is 14.5. The molecule has 58 heavy (non-hydrogen) atoms. The smallest absolute Gasteiger partial charge is 0.321 e. The number of carboxylic acid groups (broad SMARTS) is 2. The van der Waals surface area contributed by atoms with Crippen LogP contribution in [0.25, 0.3) is 0 Å². The molecule has 0 radical (unpaired) electrons. The van der Waals surface area contributed by atoms with Gasteiger partial charge in [-0.25, -0.2) is 0 Å². The van der Waals surface area contributed by atoms with Gasteiger partial charge in [-0.05, 0) is 37.3 Å². The number of amides is 5. The first-order chi connectivity index (χ1) is 26.8. The minimum absolute atomic E-state index is 0.00970. The Hall–Kier alpha value is -4.61. The van der Waals surface area contributed by atoms with E-state index < -0.39 is 88.2 Å². The van der Waals surface area contributed by atoms with Crippen LogP contribution < -0.4 is 21.7 Å². The molecule has 0 aromatic heterocycles. The third-order valence-electron chi connectivity index (χ3n) is 10.3. The summed E-state index contributed by atoms with van der Waals surface area (Å²) in [4.78, 5) is 105. The summed E-state index contributed by atoms with van der Waals surface area (Å²) in [5.74, 6) is -5.95. The maximum absolute atomic E-state index is 14.3. The van der Waals surface area contributed by atoms with Gasteiger partial charge in [0, 0.05) is 43.2 Å². The van der Waals surface area contributed by atoms with Crippen molar-refractivity contribution in [3.8, 4) is 0 Å². The number of imide groups is 1. The number of aliphatic carboxylic acids is 2. The fourth-order valence-corrected chi connectivity index (χ4v) is 7.86. The molecule has 322 valence electrons. The van der Waals surface area contributed by atoms with E-state index in [1.807, 2.05) is 78.8 Å². The van der Waals surface area contributed by atoms with E-state index in [2.05, 4.69) is 16.0 Å². The highest BCUT2D eigenvalue weighted by atomic mass is 32.2. The van der Waals surface area contributed by atoms with E-state index in [0.29, 0.717) is 0 Å². The molecule has 6 atom stereocenters. The van der Waals surface area contributed by atoms with Crippen molar-refractivity contribution < 1.29 is 48.6 Å². The molecule has 17 heteroatoms. The summed E-state index contributed by atoms with van der Waals surface area (Å²) < 4.78 is 0. The number of likely N-dealkylation sites (N-methyl/N-ethyl adjacent to an activating group) is 2. The fraction of sp³-hybridized carbons (Fsp3) is 0.610. The van der Waals surface area contributed by atoms with Crippen molar-refractivity contribution in [2.24, 2.45) is 17.1 Å². The van der Waals surface area contributed by atoms with Gasteiger partial charge in [-0.2, -0.15) is 0 Å². The lowest BCUT2D eigenvalue weighted by Gasteiger charge is -2.40. The number of hydrogen-bond donors (Lipinski definition) is 6. The predicted molar refractivity (Wildman–Crippen MR) is 220 cm³/mol. The van der Waals surface area contributed by atoms with Crippen LogP contribution in [0.1, 0.15) is 86.6 Å². The SMILES string of the molecule is CN[C@H](C(=O)N[C@H](C(=O)N(C)[C@H](/C=C(\C)C(=O)N[C@@H](CC(=O)O)C(=O)CCCN1C(=O)CC(SC[C@H](N)C(=O)O)C1=O)C(C)C)C(C)(C)C)C(C)(C)c1ccccc1. The van der Waals surface area contributed by atoms with E-state index in [-0.39, 0.29) is 54.9 Å². The van der Waals surface area contributed by atoms with Crippen molar-refractivity contribution in [1.29, 1.82) is 0 Å². The second-order valence-electron chi connectivity index (χ2n) is 16.7. The number of rotatable bonds is 22. The number of nitrogens with two attached hydrogens (primary N) is 1. The van der Waals surface area contributed by atoms with Crippen molar-refractivity contribution >= 4 is 59.0 Å². The predicted octanol–water partition coefficient (Wildman–Crippen LogP) is 2.09. The molecule has 0 bridgehead atoms. The van der Waals surface area contributed by atoms with Gasteiger partial charge in [0.1, 0.15) is 12.1 Å². The number of nitrogens with zero attached hydrogens (tertiary/aromatic N) is 2. The number of carbonyl (C=O) groups is 8. The van der Waals surface area contributed by atoms with E-state index in [0.717, 1.165) is 22.2 Å². The lowest BCUT2D eigenvalue weighted by molar-refractivity contribution is -0.141. The van der Waals surface area contributed by atoms with Crippen molar-refractivity contribution in [2.45, 2.75) is 122 Å². The number of ketones is 1. The number of nitrogens with one attached hydrogen (secondary N) is 3. The molecule has 1 aromatic carbocycles. The summed E-state index contributed by atoms with van der Waals surface area (Å²) in [7, 11) is 3.28. The lowest BCUT2D eigenvalue weighted by atomic mass is 9.76. The largest absolute Gasteiger partial charge is 0.481 e. The summed E-state index contributed by atoms with van der Waals surface area (Å²) in [6.07, 6.45) is 0.480. The molecule has 5 amide bonds. The normalized spacial score (nSPS) is 17.6. The summed E-state index contributed by atoms with van der Waals surface area (Å²) in [6, 6.07) is 4.67. The Bertz CT molecular complexity index is 1710. The van der Waals surface area contributed by atoms with Gasteiger partial charge in [-0.1, -0.05) is 84.9 Å². The number of thioether (sulfide) groups is 1. The number of likely N-dealkylation sites (tertiary alicyclic amines) is 1. The molecule has 1 aliphatic heterocycles. The van der Waals surface area contributed by atoms with Gasteiger partial charge in [0.25, 0.3) is 0 Å². The number of carboxylic acids is 2. The molecule has 0 saturated carbocycles. The molecular weight excluding hydrogens is 769 g/mol. The standard InChI is InChI=1S/C41H62N6O10S/c1-23(2)28(46(10)38(55)34(40(4,5)6)45-36(53)33(43-9)41(7,8)25-15-12-11-13-16-25)19-24(3)35(52)44-27(20-32(50)51)29(48)17-14-18-47-31(49)21-30(37(47)54)58-22-26(42)39(56)57/h11-13,15-16,19,23,26-28,30,33-34,43H,14,17-18,20-22,42H2,1-10H3,(H,44,52)(H,45,53)(H,50,51)(H,56,57)/b24-19+/t26-,27-,28+,30?,33+,34+/m0/s1. The maximum Gasteiger partial charge on any atom is 0.321 e. The Kier molecular flexibility index (Phi) is 18.3. The molecule has 1 unspecified atom stereocenters. The zero-order valence-corrected chi connectivity index (χ0v) is 36.1. The molecule has 1 aliphatic rings. The Balaban J connectivity index is 2.19. The number of hydrogen-bond acceptors (Lipinski definition) is 11. The van der Waals surface area contributed by atoms with E-state index >= 15 is 0 Å². The van der Waals surface area contributed by atoms with Gasteiger partial charge >= 0.3 is 11.9 Å². The summed E-state index contributed by atoms with van der Waals surface area (Å²) in [5, 5.41) is 26.4. The van der Waals surface area contributed by atoms with Crippen molar-refractivity contribution in [2.75, 3.05) is 26.4 Å². The zero-order valence-electron chi connectivity index (χ0n) is 35.3. The maximum atomic E-state index is 14.3. The van der Waals surface area contributed by atoms with Crippen LogP contribution >= 0.6 is 11.8 Å². The van der Waals surface area contributed by atoms with Gasteiger partial charge < -0.3 is 36.8 Å². The van der Waals surface area contributed by atoms with Gasteiger partial charge in [-0.15, -0.1) is 11.8 Å². The number of carbonyl (C=O) groups excluding carboxylic acids is 6. The second kappa shape index (κ2) is 21.4. The van der Waals surface area contributed by atoms with Gasteiger partial charge in [0.2, 0.25) is 29.5 Å². The first-order valence-corrected chi connectivity index (χ1v) is 20.4. The van der Waals surface area contributed by atoms with E-state index in [9.17, 15) is 43.5 Å². The third kappa shape index (κ3) is 13.5.